The van der Waals surface area contributed by atoms with Crippen molar-refractivity contribution < 1.29 is 14.4 Å². The molecule has 6 nitrogen and oxygen atoms in total. The van der Waals surface area contributed by atoms with Crippen molar-refractivity contribution in [1.29, 1.82) is 0 Å². The molecular formula is C22H30BrN3O3. The molecule has 1 atom stereocenters. The van der Waals surface area contributed by atoms with E-state index in [2.05, 4.69) is 33.5 Å². The molecule has 1 aromatic rings. The van der Waals surface area contributed by atoms with E-state index < -0.39 is 11.5 Å². The summed E-state index contributed by atoms with van der Waals surface area (Å²) in [5.74, 6) is -0.787. The van der Waals surface area contributed by atoms with Gasteiger partial charge in [-0.2, -0.15) is 0 Å². The van der Waals surface area contributed by atoms with Gasteiger partial charge in [-0.3, -0.25) is 14.4 Å². The summed E-state index contributed by atoms with van der Waals surface area (Å²) in [4.78, 5) is 40.2. The number of hydrogen-bond acceptors (Lipinski definition) is 3. The fourth-order valence-corrected chi connectivity index (χ4v) is 4.74. The van der Waals surface area contributed by atoms with Crippen molar-refractivity contribution in [2.24, 2.45) is 5.92 Å². The molecule has 7 heteroatoms. The highest BCUT2D eigenvalue weighted by Crippen LogP contribution is 2.33. The molecule has 3 rings (SSSR count). The molecule has 0 spiro atoms. The molecule has 1 saturated heterocycles. The number of carbonyl (C=O) groups excluding carboxylic acids is 3. The normalized spacial score (nSPS) is 21.1. The van der Waals surface area contributed by atoms with Gasteiger partial charge in [0.15, 0.2) is 0 Å². The lowest BCUT2D eigenvalue weighted by atomic mass is 9.80. The smallest absolute Gasteiger partial charge is 0.245 e. The number of amides is 3. The standard InChI is InChI=1S/C22H30BrN3O3/c1-2-3-13-24-21(29)22(11-7-4-8-12-22)25-20(28)16-14-19(27)26(15-16)18-10-6-5-9-17(18)23/h5-6,9-10,16H,2-4,7-8,11-15H2,1H3,(H,24,29)(H,25,28). The van der Waals surface area contributed by atoms with Crippen LogP contribution in [0.4, 0.5) is 5.69 Å². The van der Waals surface area contributed by atoms with Crippen molar-refractivity contribution in [3.8, 4) is 0 Å². The van der Waals surface area contributed by atoms with E-state index in [4.69, 9.17) is 0 Å². The van der Waals surface area contributed by atoms with Crippen molar-refractivity contribution in [2.75, 3.05) is 18.0 Å². The monoisotopic (exact) mass is 463 g/mol. The van der Waals surface area contributed by atoms with E-state index in [1.807, 2.05) is 24.3 Å². The maximum atomic E-state index is 13.1. The van der Waals surface area contributed by atoms with Gasteiger partial charge in [0, 0.05) is 24.0 Å². The molecule has 29 heavy (non-hydrogen) atoms. The molecule has 1 heterocycles. The predicted molar refractivity (Wildman–Crippen MR) is 116 cm³/mol. The SMILES string of the molecule is CCCCNC(=O)C1(NC(=O)C2CC(=O)N(c3ccccc3Br)C2)CCCCC1. The van der Waals surface area contributed by atoms with Crippen LogP contribution in [-0.2, 0) is 14.4 Å². The second kappa shape index (κ2) is 9.74. The lowest BCUT2D eigenvalue weighted by molar-refractivity contribution is -0.136. The summed E-state index contributed by atoms with van der Waals surface area (Å²) < 4.78 is 0.827. The van der Waals surface area contributed by atoms with E-state index in [0.29, 0.717) is 25.9 Å². The third-order valence-electron chi connectivity index (χ3n) is 5.96. The predicted octanol–water partition coefficient (Wildman–Crippen LogP) is 3.54. The minimum Gasteiger partial charge on any atom is -0.354 e. The first kappa shape index (κ1) is 21.8. The first-order valence-corrected chi connectivity index (χ1v) is 11.4. The minimum absolute atomic E-state index is 0.0675. The van der Waals surface area contributed by atoms with Gasteiger partial charge >= 0.3 is 0 Å². The second-order valence-corrected chi connectivity index (χ2v) is 8.95. The number of para-hydroxylation sites is 1. The first-order chi connectivity index (χ1) is 14.0. The highest BCUT2D eigenvalue weighted by molar-refractivity contribution is 9.10. The Labute approximate surface area is 180 Å². The number of unbranched alkanes of at least 4 members (excludes halogenated alkanes) is 1. The Balaban J connectivity index is 1.69. The van der Waals surface area contributed by atoms with Crippen LogP contribution in [0.2, 0.25) is 0 Å². The number of rotatable bonds is 7. The third-order valence-corrected chi connectivity index (χ3v) is 6.63. The Morgan fingerprint density at radius 2 is 1.93 bits per heavy atom. The number of benzene rings is 1. The van der Waals surface area contributed by atoms with E-state index in [0.717, 1.165) is 42.3 Å². The summed E-state index contributed by atoms with van der Waals surface area (Å²) in [6.07, 6.45) is 6.35. The molecular weight excluding hydrogens is 434 g/mol. The third kappa shape index (κ3) is 5.00. The lowest BCUT2D eigenvalue weighted by Crippen LogP contribution is -2.61. The summed E-state index contributed by atoms with van der Waals surface area (Å²) in [5.41, 5.74) is -0.0650. The van der Waals surface area contributed by atoms with Crippen LogP contribution in [0.15, 0.2) is 28.7 Å². The topological polar surface area (TPSA) is 78.5 Å². The zero-order valence-corrected chi connectivity index (χ0v) is 18.6. The Hall–Kier alpha value is -1.89. The van der Waals surface area contributed by atoms with Crippen LogP contribution in [0.3, 0.4) is 0 Å². The van der Waals surface area contributed by atoms with E-state index >= 15 is 0 Å². The number of nitrogens with zero attached hydrogens (tertiary/aromatic N) is 1. The average molecular weight is 464 g/mol. The van der Waals surface area contributed by atoms with Crippen LogP contribution in [0.1, 0.15) is 58.3 Å². The van der Waals surface area contributed by atoms with Crippen molar-refractivity contribution in [3.05, 3.63) is 28.7 Å². The first-order valence-electron chi connectivity index (χ1n) is 10.6. The molecule has 1 aliphatic heterocycles. The van der Waals surface area contributed by atoms with Crippen LogP contribution >= 0.6 is 15.9 Å². The lowest BCUT2D eigenvalue weighted by Gasteiger charge is -2.37. The molecule has 1 saturated carbocycles. The van der Waals surface area contributed by atoms with Gasteiger partial charge in [-0.15, -0.1) is 0 Å². The molecule has 2 fully saturated rings. The number of nitrogens with one attached hydrogen (secondary N) is 2. The van der Waals surface area contributed by atoms with Gasteiger partial charge in [-0.1, -0.05) is 44.7 Å². The summed E-state index contributed by atoms with van der Waals surface area (Å²) in [5, 5.41) is 6.07. The Bertz CT molecular complexity index is 761. The molecule has 1 unspecified atom stereocenters. The highest BCUT2D eigenvalue weighted by atomic mass is 79.9. The zero-order chi connectivity index (χ0) is 20.9. The number of hydrogen-bond donors (Lipinski definition) is 2. The average Bonchev–Trinajstić information content (AvgIpc) is 3.11. The van der Waals surface area contributed by atoms with Gasteiger partial charge in [0.2, 0.25) is 17.7 Å². The quantitative estimate of drug-likeness (QED) is 0.606. The van der Waals surface area contributed by atoms with Crippen LogP contribution < -0.4 is 15.5 Å². The van der Waals surface area contributed by atoms with Crippen LogP contribution in [0, 0.1) is 5.92 Å². The largest absolute Gasteiger partial charge is 0.354 e. The number of carbonyl (C=O) groups is 3. The van der Waals surface area contributed by atoms with E-state index in [-0.39, 0.29) is 24.1 Å². The molecule has 158 valence electrons. The number of halogens is 1. The Kier molecular flexibility index (Phi) is 7.33. The fraction of sp³-hybridized carbons (Fsp3) is 0.591. The molecule has 1 aromatic carbocycles. The maximum Gasteiger partial charge on any atom is 0.245 e. The Morgan fingerprint density at radius 3 is 2.62 bits per heavy atom. The fourth-order valence-electron chi connectivity index (χ4n) is 4.24. The maximum absolute atomic E-state index is 13.1. The van der Waals surface area contributed by atoms with Crippen molar-refractivity contribution >= 4 is 39.3 Å². The second-order valence-electron chi connectivity index (χ2n) is 8.10. The van der Waals surface area contributed by atoms with Gasteiger partial charge in [0.1, 0.15) is 5.54 Å². The van der Waals surface area contributed by atoms with Gasteiger partial charge in [0.25, 0.3) is 0 Å². The summed E-state index contributed by atoms with van der Waals surface area (Å²) >= 11 is 3.48. The van der Waals surface area contributed by atoms with Crippen LogP contribution in [0.5, 0.6) is 0 Å². The van der Waals surface area contributed by atoms with E-state index in [9.17, 15) is 14.4 Å². The van der Waals surface area contributed by atoms with E-state index in [1.165, 1.54) is 0 Å². The molecule has 2 N–H and O–H groups in total. The number of anilines is 1. The van der Waals surface area contributed by atoms with Crippen molar-refractivity contribution in [1.82, 2.24) is 10.6 Å². The van der Waals surface area contributed by atoms with Crippen LogP contribution in [-0.4, -0.2) is 36.3 Å². The van der Waals surface area contributed by atoms with Crippen LogP contribution in [0.25, 0.3) is 0 Å². The molecule has 0 radical (unpaired) electrons. The van der Waals surface area contributed by atoms with Crippen molar-refractivity contribution in [2.45, 2.75) is 63.8 Å². The zero-order valence-electron chi connectivity index (χ0n) is 17.0. The summed E-state index contributed by atoms with van der Waals surface area (Å²) in [7, 11) is 0. The summed E-state index contributed by atoms with van der Waals surface area (Å²) in [6, 6.07) is 7.51. The van der Waals surface area contributed by atoms with Gasteiger partial charge in [-0.05, 0) is 47.3 Å². The van der Waals surface area contributed by atoms with E-state index in [1.54, 1.807) is 4.90 Å². The van der Waals surface area contributed by atoms with Crippen molar-refractivity contribution in [3.63, 3.8) is 0 Å². The van der Waals surface area contributed by atoms with Gasteiger partial charge in [-0.25, -0.2) is 0 Å². The molecule has 1 aliphatic carbocycles. The van der Waals surface area contributed by atoms with Gasteiger partial charge < -0.3 is 15.5 Å². The Morgan fingerprint density at radius 1 is 1.21 bits per heavy atom. The molecule has 0 bridgehead atoms. The molecule has 2 aliphatic rings. The van der Waals surface area contributed by atoms with Gasteiger partial charge in [0.05, 0.1) is 11.6 Å². The molecule has 3 amide bonds. The summed E-state index contributed by atoms with van der Waals surface area (Å²) in [6.45, 7) is 3.05. The molecule has 0 aromatic heterocycles. The highest BCUT2D eigenvalue weighted by Gasteiger charge is 2.44. The minimum atomic E-state index is -0.840.